The number of benzene rings is 3. The third kappa shape index (κ3) is 3.39. The van der Waals surface area contributed by atoms with Gasteiger partial charge in [-0.25, -0.2) is 0 Å². The zero-order valence-corrected chi connectivity index (χ0v) is 16.1. The van der Waals surface area contributed by atoms with E-state index in [-0.39, 0.29) is 0 Å². The predicted molar refractivity (Wildman–Crippen MR) is 122 cm³/mol. The molecule has 0 fully saturated rings. The quantitative estimate of drug-likeness (QED) is 0.259. The maximum Gasteiger partial charge on any atom is 0.0406 e. The molecule has 0 amide bonds. The van der Waals surface area contributed by atoms with Crippen LogP contribution in [0.4, 0.5) is 0 Å². The summed E-state index contributed by atoms with van der Waals surface area (Å²) in [5, 5.41) is 4.43. The van der Waals surface area contributed by atoms with Crippen LogP contribution in [-0.4, -0.2) is 9.97 Å². The Kier molecular flexibility index (Phi) is 4.67. The second-order valence-corrected chi connectivity index (χ2v) is 6.81. The molecular formula is C28H16N2. The molecule has 0 unspecified atom stereocenters. The highest BCUT2D eigenvalue weighted by molar-refractivity contribution is 6.09. The van der Waals surface area contributed by atoms with E-state index in [0.29, 0.717) is 0 Å². The van der Waals surface area contributed by atoms with Crippen LogP contribution in [0.2, 0.25) is 0 Å². The summed E-state index contributed by atoms with van der Waals surface area (Å²) in [5.74, 6) is 13.4. The van der Waals surface area contributed by atoms with E-state index in [2.05, 4.69) is 82.2 Å². The Morgan fingerprint density at radius 1 is 0.400 bits per heavy atom. The normalized spacial score (nSPS) is 10.1. The van der Waals surface area contributed by atoms with Crippen LogP contribution >= 0.6 is 0 Å². The lowest BCUT2D eigenvalue weighted by atomic mass is 9.92. The number of aromatic nitrogens is 2. The molecule has 0 radical (unpaired) electrons. The molecule has 3 aromatic carbocycles. The number of nitrogens with zero attached hydrogens (tertiary/aromatic N) is 2. The number of pyridine rings is 2. The SMILES string of the molecule is C(#Cc1c2ccccc2c(C#Cc2ccncc2)c2ccccc12)c1ccncc1. The van der Waals surface area contributed by atoms with Gasteiger partial charge in [-0.2, -0.15) is 0 Å². The molecule has 138 valence electrons. The van der Waals surface area contributed by atoms with E-state index in [9.17, 15) is 0 Å². The Morgan fingerprint density at radius 3 is 1.07 bits per heavy atom. The maximum atomic E-state index is 4.07. The van der Waals surface area contributed by atoms with Crippen molar-refractivity contribution < 1.29 is 0 Å². The standard InChI is InChI=1S/C28H16N2/c1-2-6-24-23(5-1)27(11-9-21-13-17-29-18-14-21)25-7-3-4-8-26(25)28(24)12-10-22-15-19-30-20-16-22/h1-8,13-20H. The Balaban J connectivity index is 1.79. The fourth-order valence-electron chi connectivity index (χ4n) is 3.54. The lowest BCUT2D eigenvalue weighted by molar-refractivity contribution is 1.32. The van der Waals surface area contributed by atoms with Crippen LogP contribution in [0.3, 0.4) is 0 Å². The summed E-state index contributed by atoms with van der Waals surface area (Å²) in [6, 6.07) is 24.4. The van der Waals surface area contributed by atoms with Crippen molar-refractivity contribution in [3.8, 4) is 23.7 Å². The third-order valence-corrected chi connectivity index (χ3v) is 4.96. The van der Waals surface area contributed by atoms with Crippen LogP contribution in [-0.2, 0) is 0 Å². The zero-order valence-electron chi connectivity index (χ0n) is 16.1. The molecule has 0 saturated heterocycles. The van der Waals surface area contributed by atoms with E-state index < -0.39 is 0 Å². The fraction of sp³-hybridized carbons (Fsp3) is 0. The number of hydrogen-bond donors (Lipinski definition) is 0. The monoisotopic (exact) mass is 380 g/mol. The molecule has 5 aromatic rings. The summed E-state index contributed by atoms with van der Waals surface area (Å²) in [7, 11) is 0. The molecule has 2 nitrogen and oxygen atoms in total. The van der Waals surface area contributed by atoms with Gasteiger partial charge in [-0.1, -0.05) is 72.2 Å². The Morgan fingerprint density at radius 2 is 0.733 bits per heavy atom. The van der Waals surface area contributed by atoms with Gasteiger partial charge in [0.1, 0.15) is 0 Å². The predicted octanol–water partition coefficient (Wildman–Crippen LogP) is 5.58. The average Bonchev–Trinajstić information content (AvgIpc) is 2.82. The van der Waals surface area contributed by atoms with Gasteiger partial charge in [-0.3, -0.25) is 9.97 Å². The van der Waals surface area contributed by atoms with E-state index in [0.717, 1.165) is 43.8 Å². The molecule has 0 bridgehead atoms. The van der Waals surface area contributed by atoms with Crippen LogP contribution in [0.5, 0.6) is 0 Å². The van der Waals surface area contributed by atoms with E-state index in [1.165, 1.54) is 0 Å². The van der Waals surface area contributed by atoms with Gasteiger partial charge in [-0.15, -0.1) is 0 Å². The van der Waals surface area contributed by atoms with Crippen LogP contribution in [0.1, 0.15) is 22.3 Å². The van der Waals surface area contributed by atoms with Gasteiger partial charge < -0.3 is 0 Å². The number of fused-ring (bicyclic) bond motifs is 2. The second-order valence-electron chi connectivity index (χ2n) is 6.81. The third-order valence-electron chi connectivity index (χ3n) is 4.96. The van der Waals surface area contributed by atoms with Gasteiger partial charge in [0.25, 0.3) is 0 Å². The van der Waals surface area contributed by atoms with Crippen molar-refractivity contribution in [3.05, 3.63) is 120 Å². The van der Waals surface area contributed by atoms with Crippen molar-refractivity contribution in [2.24, 2.45) is 0 Å². The molecule has 0 N–H and O–H groups in total. The van der Waals surface area contributed by atoms with Crippen molar-refractivity contribution in [1.29, 1.82) is 0 Å². The minimum atomic E-state index is 0.944. The van der Waals surface area contributed by atoms with Gasteiger partial charge in [0.2, 0.25) is 0 Å². The topological polar surface area (TPSA) is 25.8 Å². The first-order valence-corrected chi connectivity index (χ1v) is 9.68. The molecule has 0 saturated carbocycles. The van der Waals surface area contributed by atoms with Crippen molar-refractivity contribution in [2.45, 2.75) is 0 Å². The van der Waals surface area contributed by atoms with Gasteiger partial charge in [0.15, 0.2) is 0 Å². The molecule has 2 heterocycles. The first kappa shape index (κ1) is 17.7. The highest BCUT2D eigenvalue weighted by atomic mass is 14.6. The van der Waals surface area contributed by atoms with E-state index in [1.54, 1.807) is 24.8 Å². The molecule has 0 atom stereocenters. The summed E-state index contributed by atoms with van der Waals surface area (Å²) in [6.45, 7) is 0. The van der Waals surface area contributed by atoms with E-state index >= 15 is 0 Å². The summed E-state index contributed by atoms with van der Waals surface area (Å²) >= 11 is 0. The zero-order chi connectivity index (χ0) is 20.2. The van der Waals surface area contributed by atoms with Crippen molar-refractivity contribution >= 4 is 21.5 Å². The number of hydrogen-bond acceptors (Lipinski definition) is 2. The van der Waals surface area contributed by atoms with E-state index in [4.69, 9.17) is 0 Å². The van der Waals surface area contributed by atoms with Crippen molar-refractivity contribution in [2.75, 3.05) is 0 Å². The molecule has 5 rings (SSSR count). The largest absolute Gasteiger partial charge is 0.265 e. The molecule has 0 aliphatic carbocycles. The van der Waals surface area contributed by atoms with Gasteiger partial charge in [0.05, 0.1) is 0 Å². The summed E-state index contributed by atoms with van der Waals surface area (Å²) in [4.78, 5) is 8.14. The molecule has 2 heteroatoms. The molecule has 0 aliphatic rings. The highest BCUT2D eigenvalue weighted by Gasteiger charge is 2.11. The molecular weight excluding hydrogens is 364 g/mol. The van der Waals surface area contributed by atoms with Crippen LogP contribution in [0.25, 0.3) is 21.5 Å². The Labute approximate surface area is 175 Å². The molecule has 0 aliphatic heterocycles. The average molecular weight is 380 g/mol. The summed E-state index contributed by atoms with van der Waals surface area (Å²) < 4.78 is 0. The van der Waals surface area contributed by atoms with Crippen molar-refractivity contribution in [3.63, 3.8) is 0 Å². The molecule has 30 heavy (non-hydrogen) atoms. The second kappa shape index (κ2) is 7.92. The minimum absolute atomic E-state index is 0.944. The van der Waals surface area contributed by atoms with Crippen LogP contribution in [0, 0.1) is 23.7 Å². The summed E-state index contributed by atoms with van der Waals surface area (Å²) in [6.07, 6.45) is 7.05. The van der Waals surface area contributed by atoms with Crippen LogP contribution in [0.15, 0.2) is 97.6 Å². The number of rotatable bonds is 0. The lowest BCUT2D eigenvalue weighted by Crippen LogP contribution is -1.90. The van der Waals surface area contributed by atoms with Gasteiger partial charge in [0, 0.05) is 47.0 Å². The molecule has 0 spiro atoms. The van der Waals surface area contributed by atoms with Crippen molar-refractivity contribution in [1.82, 2.24) is 9.97 Å². The van der Waals surface area contributed by atoms with Crippen LogP contribution < -0.4 is 0 Å². The first-order valence-electron chi connectivity index (χ1n) is 9.68. The fourth-order valence-corrected chi connectivity index (χ4v) is 3.54. The van der Waals surface area contributed by atoms with Gasteiger partial charge in [-0.05, 0) is 45.8 Å². The highest BCUT2D eigenvalue weighted by Crippen LogP contribution is 2.32. The maximum absolute atomic E-state index is 4.07. The minimum Gasteiger partial charge on any atom is -0.265 e. The van der Waals surface area contributed by atoms with Gasteiger partial charge >= 0.3 is 0 Å². The Bertz CT molecular complexity index is 1310. The molecule has 2 aromatic heterocycles. The summed E-state index contributed by atoms with van der Waals surface area (Å²) in [5.41, 5.74) is 3.93. The smallest absolute Gasteiger partial charge is 0.0406 e. The first-order chi connectivity index (χ1) is 14.9. The lowest BCUT2D eigenvalue weighted by Gasteiger charge is -2.10. The van der Waals surface area contributed by atoms with E-state index in [1.807, 2.05) is 24.3 Å². The Hall–Kier alpha value is -4.40.